The number of ether oxygens (including phenoxy) is 1. The molecule has 2 atom stereocenters. The van der Waals surface area contributed by atoms with Gasteiger partial charge in [-0.25, -0.2) is 14.1 Å². The molecule has 1 saturated heterocycles. The second-order valence-corrected chi connectivity index (χ2v) is 7.18. The van der Waals surface area contributed by atoms with E-state index in [1.54, 1.807) is 34.1 Å². The molecule has 1 aromatic carbocycles. The molecule has 7 heteroatoms. The molecule has 0 radical (unpaired) electrons. The fourth-order valence-electron chi connectivity index (χ4n) is 3.87. The summed E-state index contributed by atoms with van der Waals surface area (Å²) in [7, 11) is 0. The molecule has 0 N–H and O–H groups in total. The van der Waals surface area contributed by atoms with Gasteiger partial charge in [-0.2, -0.15) is 5.10 Å². The molecule has 6 nitrogen and oxygen atoms in total. The van der Waals surface area contributed by atoms with Crippen LogP contribution in [0.4, 0.5) is 4.39 Å². The fourth-order valence-corrected chi connectivity index (χ4v) is 3.87. The first-order chi connectivity index (χ1) is 14.1. The summed E-state index contributed by atoms with van der Waals surface area (Å²) in [5, 5.41) is 4.20. The van der Waals surface area contributed by atoms with Crippen LogP contribution >= 0.6 is 0 Å². The van der Waals surface area contributed by atoms with Crippen molar-refractivity contribution in [3.63, 3.8) is 0 Å². The zero-order chi connectivity index (χ0) is 20.4. The van der Waals surface area contributed by atoms with Gasteiger partial charge in [0, 0.05) is 31.1 Å². The maximum atomic E-state index is 14.8. The molecule has 1 amide bonds. The van der Waals surface area contributed by atoms with E-state index in [1.165, 1.54) is 6.07 Å². The lowest BCUT2D eigenvalue weighted by atomic mass is 9.99. The van der Waals surface area contributed by atoms with Crippen molar-refractivity contribution in [3.8, 4) is 11.6 Å². The van der Waals surface area contributed by atoms with E-state index in [2.05, 4.69) is 10.1 Å². The molecule has 0 aliphatic carbocycles. The molecule has 0 bridgehead atoms. The van der Waals surface area contributed by atoms with Gasteiger partial charge in [-0.15, -0.1) is 0 Å². The molecule has 1 aliphatic rings. The number of pyridine rings is 1. The van der Waals surface area contributed by atoms with E-state index in [1.807, 2.05) is 38.2 Å². The van der Waals surface area contributed by atoms with E-state index in [0.717, 1.165) is 5.56 Å². The lowest BCUT2D eigenvalue weighted by Crippen LogP contribution is -2.29. The highest BCUT2D eigenvalue weighted by Gasteiger charge is 2.40. The second kappa shape index (κ2) is 8.03. The van der Waals surface area contributed by atoms with Gasteiger partial charge in [-0.3, -0.25) is 4.79 Å². The van der Waals surface area contributed by atoms with Gasteiger partial charge >= 0.3 is 0 Å². The zero-order valence-electron chi connectivity index (χ0n) is 16.5. The standard InChI is InChI=1S/C22H23FN4O2/c1-3-29-19-7-4-6-17(23)21(19)18-12-15(2)22(28)26(18)14-16-8-10-24-20(13-16)27-11-5-9-25-27/h4-11,13,15,18H,3,12,14H2,1-2H3. The average molecular weight is 394 g/mol. The van der Waals surface area contributed by atoms with Crippen LogP contribution in [0.2, 0.25) is 0 Å². The molecule has 2 aromatic heterocycles. The van der Waals surface area contributed by atoms with Crippen LogP contribution in [0.15, 0.2) is 55.0 Å². The molecule has 150 valence electrons. The number of carbonyl (C=O) groups excluding carboxylic acids is 1. The van der Waals surface area contributed by atoms with Crippen LogP contribution in [0.25, 0.3) is 5.82 Å². The minimum atomic E-state index is -0.374. The van der Waals surface area contributed by atoms with Crippen molar-refractivity contribution in [2.75, 3.05) is 6.61 Å². The van der Waals surface area contributed by atoms with Crippen LogP contribution in [-0.4, -0.2) is 32.2 Å². The van der Waals surface area contributed by atoms with E-state index >= 15 is 0 Å². The molecule has 1 fully saturated rings. The predicted molar refractivity (Wildman–Crippen MR) is 106 cm³/mol. The van der Waals surface area contributed by atoms with Gasteiger partial charge < -0.3 is 9.64 Å². The summed E-state index contributed by atoms with van der Waals surface area (Å²) < 4.78 is 22.1. The number of hydrogen-bond donors (Lipinski definition) is 0. The number of likely N-dealkylation sites (tertiary alicyclic amines) is 1. The van der Waals surface area contributed by atoms with Crippen LogP contribution in [0.3, 0.4) is 0 Å². The Morgan fingerprint density at radius 1 is 1.24 bits per heavy atom. The summed E-state index contributed by atoms with van der Waals surface area (Å²) in [6.07, 6.45) is 5.74. The van der Waals surface area contributed by atoms with E-state index in [4.69, 9.17) is 4.74 Å². The monoisotopic (exact) mass is 394 g/mol. The lowest BCUT2D eigenvalue weighted by Gasteiger charge is -2.27. The van der Waals surface area contributed by atoms with Crippen molar-refractivity contribution in [1.29, 1.82) is 0 Å². The van der Waals surface area contributed by atoms with Crippen molar-refractivity contribution >= 4 is 5.91 Å². The van der Waals surface area contributed by atoms with Gasteiger partial charge in [0.15, 0.2) is 5.82 Å². The third kappa shape index (κ3) is 3.72. The van der Waals surface area contributed by atoms with E-state index in [9.17, 15) is 9.18 Å². The third-order valence-corrected chi connectivity index (χ3v) is 5.21. The summed E-state index contributed by atoms with van der Waals surface area (Å²) in [4.78, 5) is 19.0. The van der Waals surface area contributed by atoms with Crippen molar-refractivity contribution in [1.82, 2.24) is 19.7 Å². The number of benzene rings is 1. The number of halogens is 1. The predicted octanol–water partition coefficient (Wildman–Crippen LogP) is 3.91. The Labute approximate surface area is 168 Å². The van der Waals surface area contributed by atoms with Crippen molar-refractivity contribution in [2.24, 2.45) is 5.92 Å². The van der Waals surface area contributed by atoms with Crippen LogP contribution in [-0.2, 0) is 11.3 Å². The Hall–Kier alpha value is -3.22. The highest BCUT2D eigenvalue weighted by molar-refractivity contribution is 5.81. The zero-order valence-corrected chi connectivity index (χ0v) is 16.5. The molecule has 0 spiro atoms. The van der Waals surface area contributed by atoms with Crippen LogP contribution in [0.1, 0.15) is 37.4 Å². The average Bonchev–Trinajstić information content (AvgIpc) is 3.34. The molecule has 0 saturated carbocycles. The molecular formula is C22H23FN4O2. The van der Waals surface area contributed by atoms with Crippen molar-refractivity contribution in [3.05, 3.63) is 71.9 Å². The van der Waals surface area contributed by atoms with Gasteiger partial charge in [0.05, 0.1) is 18.2 Å². The number of carbonyl (C=O) groups is 1. The van der Waals surface area contributed by atoms with Crippen LogP contribution in [0.5, 0.6) is 5.75 Å². The van der Waals surface area contributed by atoms with Gasteiger partial charge in [0.1, 0.15) is 11.6 Å². The second-order valence-electron chi connectivity index (χ2n) is 7.18. The first-order valence-electron chi connectivity index (χ1n) is 9.75. The molecular weight excluding hydrogens is 371 g/mol. The summed E-state index contributed by atoms with van der Waals surface area (Å²) in [5.74, 6) is 0.653. The van der Waals surface area contributed by atoms with Crippen molar-refractivity contribution in [2.45, 2.75) is 32.9 Å². The molecule has 29 heavy (non-hydrogen) atoms. The van der Waals surface area contributed by atoms with Gasteiger partial charge in [-0.1, -0.05) is 13.0 Å². The molecule has 2 unspecified atom stereocenters. The number of aromatic nitrogens is 3. The van der Waals surface area contributed by atoms with Gasteiger partial charge in [-0.05, 0) is 49.2 Å². The Balaban J connectivity index is 1.68. The van der Waals surface area contributed by atoms with E-state index < -0.39 is 0 Å². The van der Waals surface area contributed by atoms with Gasteiger partial charge in [0.2, 0.25) is 5.91 Å². The summed E-state index contributed by atoms with van der Waals surface area (Å²) >= 11 is 0. The fraction of sp³-hybridized carbons (Fsp3) is 0.318. The first kappa shape index (κ1) is 19.1. The summed E-state index contributed by atoms with van der Waals surface area (Å²) in [5.41, 5.74) is 1.36. The minimum absolute atomic E-state index is 0.0122. The number of rotatable bonds is 6. The number of nitrogens with zero attached hydrogens (tertiary/aromatic N) is 4. The summed E-state index contributed by atoms with van der Waals surface area (Å²) in [6, 6.07) is 10.0. The lowest BCUT2D eigenvalue weighted by molar-refractivity contribution is -0.132. The molecule has 3 heterocycles. The third-order valence-electron chi connectivity index (χ3n) is 5.21. The van der Waals surface area contributed by atoms with Crippen LogP contribution < -0.4 is 4.74 Å². The van der Waals surface area contributed by atoms with Gasteiger partial charge in [0.25, 0.3) is 0 Å². The Kier molecular flexibility index (Phi) is 5.29. The first-order valence-corrected chi connectivity index (χ1v) is 9.75. The SMILES string of the molecule is CCOc1cccc(F)c1C1CC(C)C(=O)N1Cc1ccnc(-n2cccn2)c1. The summed E-state index contributed by atoms with van der Waals surface area (Å²) in [6.45, 7) is 4.55. The Bertz CT molecular complexity index is 1010. The van der Waals surface area contributed by atoms with Crippen LogP contribution in [0, 0.1) is 11.7 Å². The maximum absolute atomic E-state index is 14.8. The normalized spacial score (nSPS) is 19.0. The molecule has 3 aromatic rings. The van der Waals surface area contributed by atoms with Crippen molar-refractivity contribution < 1.29 is 13.9 Å². The topological polar surface area (TPSA) is 60.2 Å². The minimum Gasteiger partial charge on any atom is -0.493 e. The van der Waals surface area contributed by atoms with E-state index in [-0.39, 0.29) is 23.7 Å². The smallest absolute Gasteiger partial charge is 0.226 e. The largest absolute Gasteiger partial charge is 0.493 e. The molecule has 4 rings (SSSR count). The highest BCUT2D eigenvalue weighted by Crippen LogP contribution is 2.42. The number of amides is 1. The highest BCUT2D eigenvalue weighted by atomic mass is 19.1. The van der Waals surface area contributed by atoms with E-state index in [0.29, 0.717) is 36.7 Å². The maximum Gasteiger partial charge on any atom is 0.226 e. The Morgan fingerprint density at radius 2 is 2.10 bits per heavy atom. The quantitative estimate of drug-likeness (QED) is 0.636. The Morgan fingerprint density at radius 3 is 2.86 bits per heavy atom. The molecule has 1 aliphatic heterocycles. The number of hydrogen-bond acceptors (Lipinski definition) is 4.